The molecule has 0 radical (unpaired) electrons. The SMILES string of the molecule is Cc1cc(C#N)nc(NCCCC(C)O)n1. The maximum absolute atomic E-state index is 9.07. The summed E-state index contributed by atoms with van der Waals surface area (Å²) in [6.07, 6.45) is 1.30. The molecule has 5 nitrogen and oxygen atoms in total. The summed E-state index contributed by atoms with van der Waals surface area (Å²) in [5.41, 5.74) is 1.13. The smallest absolute Gasteiger partial charge is 0.224 e. The van der Waals surface area contributed by atoms with Crippen molar-refractivity contribution in [1.29, 1.82) is 5.26 Å². The monoisotopic (exact) mass is 220 g/mol. The van der Waals surface area contributed by atoms with Gasteiger partial charge in [0.2, 0.25) is 5.95 Å². The van der Waals surface area contributed by atoms with Crippen molar-refractivity contribution >= 4 is 5.95 Å². The summed E-state index contributed by atoms with van der Waals surface area (Å²) in [6, 6.07) is 3.63. The van der Waals surface area contributed by atoms with Crippen molar-refractivity contribution in [3.8, 4) is 6.07 Å². The fraction of sp³-hybridized carbons (Fsp3) is 0.545. The van der Waals surface area contributed by atoms with Crippen LogP contribution in [0.1, 0.15) is 31.2 Å². The van der Waals surface area contributed by atoms with Crippen LogP contribution in [0.4, 0.5) is 5.95 Å². The second kappa shape index (κ2) is 6.03. The largest absolute Gasteiger partial charge is 0.393 e. The molecule has 0 aliphatic rings. The van der Waals surface area contributed by atoms with E-state index >= 15 is 0 Å². The van der Waals surface area contributed by atoms with Crippen LogP contribution in [0.3, 0.4) is 0 Å². The Kier molecular flexibility index (Phi) is 4.67. The minimum atomic E-state index is -0.283. The number of aliphatic hydroxyl groups excluding tert-OH is 1. The molecule has 86 valence electrons. The van der Waals surface area contributed by atoms with Gasteiger partial charge < -0.3 is 10.4 Å². The van der Waals surface area contributed by atoms with Crippen molar-refractivity contribution in [2.75, 3.05) is 11.9 Å². The normalized spacial score (nSPS) is 11.9. The molecule has 0 aliphatic heterocycles. The predicted molar refractivity (Wildman–Crippen MR) is 60.9 cm³/mol. The number of anilines is 1. The number of aliphatic hydroxyl groups is 1. The minimum Gasteiger partial charge on any atom is -0.393 e. The molecular formula is C11H16N4O. The van der Waals surface area contributed by atoms with Crippen molar-refractivity contribution in [2.24, 2.45) is 0 Å². The number of nitrogens with zero attached hydrogens (tertiary/aromatic N) is 3. The molecule has 1 heterocycles. The summed E-state index contributed by atoms with van der Waals surface area (Å²) in [4.78, 5) is 8.19. The Morgan fingerprint density at radius 2 is 2.31 bits per heavy atom. The zero-order valence-corrected chi connectivity index (χ0v) is 9.56. The third kappa shape index (κ3) is 4.24. The Labute approximate surface area is 95.2 Å². The van der Waals surface area contributed by atoms with Gasteiger partial charge in [-0.25, -0.2) is 9.97 Å². The van der Waals surface area contributed by atoms with Gasteiger partial charge in [0.05, 0.1) is 6.10 Å². The van der Waals surface area contributed by atoms with E-state index in [2.05, 4.69) is 15.3 Å². The van der Waals surface area contributed by atoms with Crippen molar-refractivity contribution in [3.63, 3.8) is 0 Å². The number of nitrogens with one attached hydrogen (secondary N) is 1. The lowest BCUT2D eigenvalue weighted by atomic mass is 10.2. The van der Waals surface area contributed by atoms with E-state index in [9.17, 15) is 0 Å². The summed E-state index contributed by atoms with van der Waals surface area (Å²) in [5, 5.41) is 20.8. The average molecular weight is 220 g/mol. The van der Waals surface area contributed by atoms with E-state index in [0.29, 0.717) is 18.2 Å². The highest BCUT2D eigenvalue weighted by atomic mass is 16.3. The van der Waals surface area contributed by atoms with Gasteiger partial charge in [0.15, 0.2) is 0 Å². The molecule has 0 fully saturated rings. The Morgan fingerprint density at radius 3 is 2.94 bits per heavy atom. The van der Waals surface area contributed by atoms with Gasteiger partial charge in [-0.1, -0.05) is 0 Å². The second-order valence-corrected chi connectivity index (χ2v) is 3.75. The van der Waals surface area contributed by atoms with Gasteiger partial charge in [0, 0.05) is 12.2 Å². The Bertz CT molecular complexity index is 384. The number of nitriles is 1. The van der Waals surface area contributed by atoms with Crippen molar-refractivity contribution in [1.82, 2.24) is 9.97 Å². The molecule has 5 heteroatoms. The lowest BCUT2D eigenvalue weighted by Crippen LogP contribution is -2.09. The number of hydrogen-bond donors (Lipinski definition) is 2. The molecule has 0 aliphatic carbocycles. The molecule has 0 saturated heterocycles. The molecule has 2 N–H and O–H groups in total. The topological polar surface area (TPSA) is 81.8 Å². The van der Waals surface area contributed by atoms with E-state index in [-0.39, 0.29) is 6.10 Å². The van der Waals surface area contributed by atoms with E-state index in [4.69, 9.17) is 10.4 Å². The predicted octanol–water partition coefficient (Wildman–Crippen LogP) is 1.23. The first-order chi connectivity index (χ1) is 7.61. The Morgan fingerprint density at radius 1 is 1.56 bits per heavy atom. The third-order valence-electron chi connectivity index (χ3n) is 2.05. The first-order valence-corrected chi connectivity index (χ1v) is 5.29. The number of aromatic nitrogens is 2. The molecule has 1 aromatic heterocycles. The zero-order chi connectivity index (χ0) is 12.0. The zero-order valence-electron chi connectivity index (χ0n) is 9.56. The molecule has 0 amide bonds. The van der Waals surface area contributed by atoms with Gasteiger partial charge >= 0.3 is 0 Å². The lowest BCUT2D eigenvalue weighted by Gasteiger charge is -2.06. The van der Waals surface area contributed by atoms with Crippen LogP contribution in [0, 0.1) is 18.3 Å². The minimum absolute atomic E-state index is 0.283. The summed E-state index contributed by atoms with van der Waals surface area (Å²) < 4.78 is 0. The van der Waals surface area contributed by atoms with E-state index in [1.165, 1.54) is 0 Å². The lowest BCUT2D eigenvalue weighted by molar-refractivity contribution is 0.183. The molecule has 0 bridgehead atoms. The van der Waals surface area contributed by atoms with Gasteiger partial charge in [0.25, 0.3) is 0 Å². The highest BCUT2D eigenvalue weighted by Gasteiger charge is 2.01. The van der Waals surface area contributed by atoms with Gasteiger partial charge in [0.1, 0.15) is 11.8 Å². The molecule has 0 aromatic carbocycles. The van der Waals surface area contributed by atoms with E-state index in [0.717, 1.165) is 18.5 Å². The summed E-state index contributed by atoms with van der Waals surface area (Å²) in [5.74, 6) is 0.474. The summed E-state index contributed by atoms with van der Waals surface area (Å²) in [7, 11) is 0. The third-order valence-corrected chi connectivity index (χ3v) is 2.05. The van der Waals surface area contributed by atoms with Crippen LogP contribution in [-0.2, 0) is 0 Å². The highest BCUT2D eigenvalue weighted by Crippen LogP contribution is 2.04. The van der Waals surface area contributed by atoms with Gasteiger partial charge in [-0.2, -0.15) is 5.26 Å². The summed E-state index contributed by atoms with van der Waals surface area (Å²) in [6.45, 7) is 4.28. The van der Waals surface area contributed by atoms with Crippen LogP contribution in [0.2, 0.25) is 0 Å². The van der Waals surface area contributed by atoms with Gasteiger partial charge in [-0.3, -0.25) is 0 Å². The van der Waals surface area contributed by atoms with Crippen LogP contribution in [0.5, 0.6) is 0 Å². The van der Waals surface area contributed by atoms with Crippen LogP contribution >= 0.6 is 0 Å². The van der Waals surface area contributed by atoms with E-state index in [1.54, 1.807) is 13.0 Å². The molecule has 0 spiro atoms. The second-order valence-electron chi connectivity index (χ2n) is 3.75. The van der Waals surface area contributed by atoms with Gasteiger partial charge in [-0.15, -0.1) is 0 Å². The molecular weight excluding hydrogens is 204 g/mol. The van der Waals surface area contributed by atoms with Crippen molar-refractivity contribution in [2.45, 2.75) is 32.8 Å². The molecule has 16 heavy (non-hydrogen) atoms. The average Bonchev–Trinajstić information content (AvgIpc) is 2.23. The number of aryl methyl sites for hydroxylation is 1. The van der Waals surface area contributed by atoms with E-state index in [1.807, 2.05) is 13.0 Å². The molecule has 1 atom stereocenters. The first kappa shape index (κ1) is 12.4. The maximum Gasteiger partial charge on any atom is 0.224 e. The van der Waals surface area contributed by atoms with Crippen LogP contribution < -0.4 is 5.32 Å². The van der Waals surface area contributed by atoms with Crippen LogP contribution in [0.25, 0.3) is 0 Å². The highest BCUT2D eigenvalue weighted by molar-refractivity contribution is 5.32. The van der Waals surface area contributed by atoms with Crippen molar-refractivity contribution in [3.05, 3.63) is 17.5 Å². The fourth-order valence-corrected chi connectivity index (χ4v) is 1.30. The van der Waals surface area contributed by atoms with E-state index < -0.39 is 0 Å². The van der Waals surface area contributed by atoms with Crippen LogP contribution in [-0.4, -0.2) is 27.7 Å². The molecule has 0 saturated carbocycles. The van der Waals surface area contributed by atoms with Gasteiger partial charge in [-0.05, 0) is 32.8 Å². The maximum atomic E-state index is 9.07. The fourth-order valence-electron chi connectivity index (χ4n) is 1.30. The quantitative estimate of drug-likeness (QED) is 0.729. The first-order valence-electron chi connectivity index (χ1n) is 5.29. The molecule has 1 unspecified atom stereocenters. The Balaban J connectivity index is 2.48. The van der Waals surface area contributed by atoms with Crippen molar-refractivity contribution < 1.29 is 5.11 Å². The Hall–Kier alpha value is -1.67. The van der Waals surface area contributed by atoms with Crippen LogP contribution in [0.15, 0.2) is 6.07 Å². The standard InChI is InChI=1S/C11H16N4O/c1-8-6-10(7-12)15-11(14-8)13-5-3-4-9(2)16/h6,9,16H,3-5H2,1-2H3,(H,13,14,15). The molecule has 1 rings (SSSR count). The number of rotatable bonds is 5. The molecule has 1 aromatic rings. The number of hydrogen-bond acceptors (Lipinski definition) is 5. The summed E-state index contributed by atoms with van der Waals surface area (Å²) >= 11 is 0.